The number of benzene rings is 1. The Labute approximate surface area is 221 Å². The number of fused-ring (bicyclic) bond motifs is 1. The zero-order valence-electron chi connectivity index (χ0n) is 21.5. The van der Waals surface area contributed by atoms with Crippen molar-refractivity contribution in [1.82, 2.24) is 20.1 Å². The van der Waals surface area contributed by atoms with Gasteiger partial charge in [-0.25, -0.2) is 0 Å². The lowest BCUT2D eigenvalue weighted by Gasteiger charge is -2.35. The Morgan fingerprint density at radius 3 is 2.64 bits per heavy atom. The van der Waals surface area contributed by atoms with Crippen molar-refractivity contribution in [2.45, 2.75) is 53.8 Å². The highest BCUT2D eigenvalue weighted by atomic mass is 35.5. The summed E-state index contributed by atoms with van der Waals surface area (Å²) in [4.78, 5) is 35.3. The Kier molecular flexibility index (Phi) is 6.70. The highest BCUT2D eigenvalue weighted by Gasteiger charge is 2.51. The molecule has 36 heavy (non-hydrogen) atoms. The summed E-state index contributed by atoms with van der Waals surface area (Å²) in [6.07, 6.45) is 1.83. The van der Waals surface area contributed by atoms with Gasteiger partial charge in [0.15, 0.2) is 0 Å². The van der Waals surface area contributed by atoms with Crippen LogP contribution in [0.3, 0.4) is 0 Å². The van der Waals surface area contributed by atoms with Crippen LogP contribution in [0.15, 0.2) is 30.5 Å². The Hall–Kier alpha value is -2.32. The third-order valence-corrected chi connectivity index (χ3v) is 9.38. The van der Waals surface area contributed by atoms with Gasteiger partial charge in [0.1, 0.15) is 0 Å². The smallest absolute Gasteiger partial charge is 0.235 e. The number of carbonyl (C=O) groups is 2. The Morgan fingerprint density at radius 2 is 1.94 bits per heavy atom. The van der Waals surface area contributed by atoms with Gasteiger partial charge in [-0.15, -0.1) is 11.3 Å². The van der Waals surface area contributed by atoms with E-state index in [1.165, 1.54) is 16.0 Å². The Balaban J connectivity index is 1.54. The molecule has 8 heteroatoms. The second-order valence-corrected chi connectivity index (χ2v) is 12.3. The van der Waals surface area contributed by atoms with Crippen LogP contribution in [0.5, 0.6) is 0 Å². The van der Waals surface area contributed by atoms with E-state index in [9.17, 15) is 9.59 Å². The molecule has 3 aromatic rings. The van der Waals surface area contributed by atoms with Crippen molar-refractivity contribution >= 4 is 45.0 Å². The first-order valence-corrected chi connectivity index (χ1v) is 13.7. The van der Waals surface area contributed by atoms with Gasteiger partial charge in [0.2, 0.25) is 11.8 Å². The molecule has 4 heterocycles. The fourth-order valence-corrected chi connectivity index (χ4v) is 6.71. The molecule has 5 rings (SSSR count). The molecule has 1 N–H and O–H groups in total. The number of pyridine rings is 1. The van der Waals surface area contributed by atoms with Crippen LogP contribution in [-0.4, -0.2) is 52.3 Å². The molecule has 2 aromatic heterocycles. The summed E-state index contributed by atoms with van der Waals surface area (Å²) >= 11 is 8.17. The molecule has 190 valence electrons. The maximum absolute atomic E-state index is 13.0. The summed E-state index contributed by atoms with van der Waals surface area (Å²) in [5.41, 5.74) is 4.86. The minimum atomic E-state index is -0.675. The van der Waals surface area contributed by atoms with Gasteiger partial charge in [0.25, 0.3) is 0 Å². The Bertz CT molecular complexity index is 1350. The normalized spacial score (nSPS) is 22.7. The van der Waals surface area contributed by atoms with E-state index in [4.69, 9.17) is 11.6 Å². The van der Waals surface area contributed by atoms with Crippen LogP contribution in [0.25, 0.3) is 21.3 Å². The molecule has 2 fully saturated rings. The van der Waals surface area contributed by atoms with Gasteiger partial charge >= 0.3 is 0 Å². The third-order valence-electron chi connectivity index (χ3n) is 8.02. The molecular formula is C28H33ClN4O2S. The van der Waals surface area contributed by atoms with Crippen molar-refractivity contribution in [3.05, 3.63) is 51.5 Å². The van der Waals surface area contributed by atoms with Crippen molar-refractivity contribution in [3.63, 3.8) is 0 Å². The van der Waals surface area contributed by atoms with Crippen molar-refractivity contribution in [3.8, 4) is 11.1 Å². The molecule has 0 bridgehead atoms. The molecule has 6 nitrogen and oxygen atoms in total. The van der Waals surface area contributed by atoms with Gasteiger partial charge in [0, 0.05) is 59.8 Å². The predicted molar refractivity (Wildman–Crippen MR) is 146 cm³/mol. The highest BCUT2D eigenvalue weighted by Crippen LogP contribution is 2.41. The summed E-state index contributed by atoms with van der Waals surface area (Å²) in [5, 5.41) is 4.18. The van der Waals surface area contributed by atoms with Gasteiger partial charge in [0.05, 0.1) is 22.2 Å². The lowest BCUT2D eigenvalue weighted by Crippen LogP contribution is -2.49. The third kappa shape index (κ3) is 4.36. The number of carbonyl (C=O) groups excluding carboxylic acids is 2. The van der Waals surface area contributed by atoms with Crippen LogP contribution in [0, 0.1) is 18.3 Å². The number of hydrogen-bond acceptors (Lipinski definition) is 6. The number of likely N-dealkylation sites (tertiary alicyclic amines) is 1. The summed E-state index contributed by atoms with van der Waals surface area (Å²) in [7, 11) is 0. The molecule has 2 atom stereocenters. The zero-order valence-corrected chi connectivity index (χ0v) is 23.1. The van der Waals surface area contributed by atoms with Gasteiger partial charge < -0.3 is 5.32 Å². The second kappa shape index (κ2) is 9.53. The first-order valence-electron chi connectivity index (χ1n) is 12.5. The number of halogens is 1. The molecule has 2 aliphatic rings. The Morgan fingerprint density at radius 1 is 1.17 bits per heavy atom. The minimum absolute atomic E-state index is 0.103. The van der Waals surface area contributed by atoms with Crippen LogP contribution in [-0.2, 0) is 22.7 Å². The maximum atomic E-state index is 13.0. The lowest BCUT2D eigenvalue weighted by molar-refractivity contribution is -0.141. The molecule has 0 saturated carbocycles. The maximum Gasteiger partial charge on any atom is 0.235 e. The van der Waals surface area contributed by atoms with Crippen molar-refractivity contribution < 1.29 is 9.59 Å². The van der Waals surface area contributed by atoms with Crippen LogP contribution in [0.1, 0.15) is 43.7 Å². The number of thiophene rings is 1. The average Bonchev–Trinajstić information content (AvgIpc) is 3.31. The van der Waals surface area contributed by atoms with E-state index in [1.807, 2.05) is 39.1 Å². The van der Waals surface area contributed by atoms with Crippen molar-refractivity contribution in [2.75, 3.05) is 19.6 Å². The van der Waals surface area contributed by atoms with E-state index in [2.05, 4.69) is 41.2 Å². The number of nitrogens with one attached hydrogen (secondary N) is 1. The molecule has 0 radical (unpaired) electrons. The quantitative estimate of drug-likeness (QED) is 0.462. The first-order chi connectivity index (χ1) is 17.1. The summed E-state index contributed by atoms with van der Waals surface area (Å²) in [6.45, 7) is 14.0. The van der Waals surface area contributed by atoms with Crippen LogP contribution >= 0.6 is 22.9 Å². The lowest BCUT2D eigenvalue weighted by atomic mass is 9.82. The van der Waals surface area contributed by atoms with Crippen LogP contribution in [0.4, 0.5) is 0 Å². The van der Waals surface area contributed by atoms with Crippen molar-refractivity contribution in [2.24, 2.45) is 11.3 Å². The number of aromatic nitrogens is 1. The first kappa shape index (κ1) is 25.3. The predicted octanol–water partition coefficient (Wildman–Crippen LogP) is 5.25. The average molecular weight is 525 g/mol. The van der Waals surface area contributed by atoms with E-state index < -0.39 is 5.41 Å². The zero-order chi connectivity index (χ0) is 25.8. The molecule has 2 unspecified atom stereocenters. The number of aryl methyl sites for hydroxylation is 1. The molecule has 2 aliphatic heterocycles. The molecule has 2 amide bonds. The molecule has 2 saturated heterocycles. The second-order valence-electron chi connectivity index (χ2n) is 10.7. The molecule has 1 aromatic carbocycles. The number of imide groups is 1. The van der Waals surface area contributed by atoms with Gasteiger partial charge in [-0.3, -0.25) is 24.4 Å². The fourth-order valence-electron chi connectivity index (χ4n) is 5.30. The number of nitrogens with zero attached hydrogens (tertiary/aromatic N) is 3. The minimum Gasteiger partial charge on any atom is -0.314 e. The van der Waals surface area contributed by atoms with E-state index in [-0.39, 0.29) is 24.3 Å². The van der Waals surface area contributed by atoms with E-state index in [1.54, 1.807) is 11.3 Å². The summed E-state index contributed by atoms with van der Waals surface area (Å²) in [5.74, 6) is -0.533. The highest BCUT2D eigenvalue weighted by molar-refractivity contribution is 7.19. The molecule has 0 spiro atoms. The SMILES string of the molecule is Cc1cc(Cl)cc(-c2ccnc3cc(CN4C(=O)C(C)C(C)(C)C4=O)sc23)c1CN1CCNCC1C. The van der Waals surface area contributed by atoms with Crippen LogP contribution in [0.2, 0.25) is 5.02 Å². The van der Waals surface area contributed by atoms with Crippen LogP contribution < -0.4 is 5.32 Å². The van der Waals surface area contributed by atoms with Gasteiger partial charge in [-0.05, 0) is 54.8 Å². The number of hydrogen-bond donors (Lipinski definition) is 1. The van der Waals surface area contributed by atoms with E-state index in [0.29, 0.717) is 11.1 Å². The summed E-state index contributed by atoms with van der Waals surface area (Å²) < 4.78 is 1.05. The van der Waals surface area contributed by atoms with Gasteiger partial charge in [-0.2, -0.15) is 0 Å². The largest absolute Gasteiger partial charge is 0.314 e. The molecule has 0 aliphatic carbocycles. The van der Waals surface area contributed by atoms with E-state index in [0.717, 1.165) is 52.4 Å². The monoisotopic (exact) mass is 524 g/mol. The number of piperazine rings is 1. The topological polar surface area (TPSA) is 65.5 Å². The van der Waals surface area contributed by atoms with E-state index >= 15 is 0 Å². The number of amides is 2. The summed E-state index contributed by atoms with van der Waals surface area (Å²) in [6, 6.07) is 8.61. The fraction of sp³-hybridized carbons (Fsp3) is 0.464. The standard InChI is InChI=1S/C28H33ClN4O2S/c1-16-10-19(29)11-22(23(16)15-32-9-8-30-13-17(32)2)21-6-7-31-24-12-20(36-25(21)24)14-33-26(34)18(3)28(4,5)27(33)35/h6-7,10-12,17-18,30H,8-9,13-15H2,1-5H3. The number of rotatable bonds is 5. The molecular weight excluding hydrogens is 492 g/mol. The van der Waals surface area contributed by atoms with Crippen molar-refractivity contribution in [1.29, 1.82) is 0 Å². The van der Waals surface area contributed by atoms with Gasteiger partial charge in [-0.1, -0.05) is 32.4 Å².